The number of methoxy groups -OCH3 is 1. The highest BCUT2D eigenvalue weighted by atomic mass is 32.1. The molecule has 2 aromatic rings. The molecule has 1 heterocycles. The number of ether oxygens (including phenoxy) is 1. The molecule has 0 atom stereocenters. The van der Waals surface area contributed by atoms with Crippen LogP contribution in [0.4, 0.5) is 0 Å². The number of rotatable bonds is 2. The van der Waals surface area contributed by atoms with E-state index in [0.717, 1.165) is 34.5 Å². The van der Waals surface area contributed by atoms with Gasteiger partial charge in [-0.1, -0.05) is 18.6 Å². The third-order valence-corrected chi connectivity index (χ3v) is 4.73. The first-order chi connectivity index (χ1) is 8.26. The Hall–Kier alpha value is -1.42. The number of carbonyl (C=O) groups excluding carboxylic acids is 1. The van der Waals surface area contributed by atoms with Gasteiger partial charge in [-0.15, -0.1) is 11.3 Å². The number of fused-ring (bicyclic) bond motifs is 1. The molecule has 0 N–H and O–H groups in total. The summed E-state index contributed by atoms with van der Waals surface area (Å²) < 4.78 is 6.07. The van der Waals surface area contributed by atoms with Gasteiger partial charge in [-0.3, -0.25) is 4.79 Å². The van der Waals surface area contributed by atoms with Gasteiger partial charge < -0.3 is 4.74 Å². The molecular weight excluding hydrogens is 234 g/mol. The number of esters is 1. The zero-order chi connectivity index (χ0) is 11.9. The first-order valence-corrected chi connectivity index (χ1v) is 6.52. The van der Waals surface area contributed by atoms with Crippen LogP contribution >= 0.6 is 11.3 Å². The zero-order valence-electron chi connectivity index (χ0n) is 9.60. The van der Waals surface area contributed by atoms with E-state index in [1.165, 1.54) is 7.11 Å². The molecule has 0 aliphatic heterocycles. The first kappa shape index (κ1) is 10.7. The van der Waals surface area contributed by atoms with Crippen molar-refractivity contribution in [2.75, 3.05) is 7.11 Å². The summed E-state index contributed by atoms with van der Waals surface area (Å²) >= 11 is 1.61. The van der Waals surface area contributed by atoms with E-state index in [9.17, 15) is 4.79 Å². The van der Waals surface area contributed by atoms with Gasteiger partial charge in [0, 0.05) is 0 Å². The number of hydrogen-bond acceptors (Lipinski definition) is 4. The van der Waals surface area contributed by atoms with Gasteiger partial charge in [-0.2, -0.15) is 0 Å². The lowest BCUT2D eigenvalue weighted by atomic mass is 9.69. The van der Waals surface area contributed by atoms with Crippen LogP contribution in [0.2, 0.25) is 0 Å². The van der Waals surface area contributed by atoms with Crippen LogP contribution in [0.15, 0.2) is 24.3 Å². The molecule has 0 amide bonds. The van der Waals surface area contributed by atoms with E-state index in [-0.39, 0.29) is 5.97 Å². The van der Waals surface area contributed by atoms with Crippen LogP contribution in [-0.4, -0.2) is 18.1 Å². The van der Waals surface area contributed by atoms with Crippen molar-refractivity contribution in [3.05, 3.63) is 29.3 Å². The van der Waals surface area contributed by atoms with Crippen molar-refractivity contribution in [2.24, 2.45) is 0 Å². The van der Waals surface area contributed by atoms with E-state index < -0.39 is 5.41 Å². The molecule has 1 fully saturated rings. The summed E-state index contributed by atoms with van der Waals surface area (Å²) in [5.74, 6) is -0.136. The summed E-state index contributed by atoms with van der Waals surface area (Å²) in [7, 11) is 1.45. The fourth-order valence-electron chi connectivity index (χ4n) is 2.31. The van der Waals surface area contributed by atoms with Gasteiger partial charge in [0.15, 0.2) is 0 Å². The van der Waals surface area contributed by atoms with E-state index in [0.29, 0.717) is 0 Å². The van der Waals surface area contributed by atoms with E-state index in [1.807, 2.05) is 24.3 Å². The second-order valence-corrected chi connectivity index (χ2v) is 5.44. The summed E-state index contributed by atoms with van der Waals surface area (Å²) in [4.78, 5) is 16.5. The van der Waals surface area contributed by atoms with Crippen LogP contribution in [0.1, 0.15) is 24.3 Å². The van der Waals surface area contributed by atoms with Crippen LogP contribution < -0.4 is 0 Å². The minimum absolute atomic E-state index is 0.136. The number of benzene rings is 1. The Kier molecular flexibility index (Phi) is 2.40. The van der Waals surface area contributed by atoms with Crippen molar-refractivity contribution >= 4 is 27.5 Å². The van der Waals surface area contributed by atoms with Crippen LogP contribution in [-0.2, 0) is 14.9 Å². The Bertz CT molecular complexity index is 539. The molecule has 4 heteroatoms. The largest absolute Gasteiger partial charge is 0.468 e. The Morgan fingerprint density at radius 3 is 2.76 bits per heavy atom. The van der Waals surface area contributed by atoms with Crippen molar-refractivity contribution in [1.82, 2.24) is 4.98 Å². The molecule has 0 spiro atoms. The summed E-state index contributed by atoms with van der Waals surface area (Å²) in [5.41, 5.74) is 0.515. The average Bonchev–Trinajstić information content (AvgIpc) is 2.70. The topological polar surface area (TPSA) is 39.2 Å². The van der Waals surface area contributed by atoms with Gasteiger partial charge >= 0.3 is 5.97 Å². The van der Waals surface area contributed by atoms with E-state index in [1.54, 1.807) is 11.3 Å². The third kappa shape index (κ3) is 1.47. The lowest BCUT2D eigenvalue weighted by Gasteiger charge is -2.36. The quantitative estimate of drug-likeness (QED) is 0.766. The smallest absolute Gasteiger partial charge is 0.318 e. The minimum Gasteiger partial charge on any atom is -0.468 e. The number of aromatic nitrogens is 1. The van der Waals surface area contributed by atoms with Gasteiger partial charge in [-0.05, 0) is 25.0 Å². The molecule has 3 nitrogen and oxygen atoms in total. The fourth-order valence-corrected chi connectivity index (χ4v) is 3.51. The monoisotopic (exact) mass is 247 g/mol. The number of carbonyl (C=O) groups is 1. The molecule has 3 rings (SSSR count). The molecule has 0 radical (unpaired) electrons. The highest BCUT2D eigenvalue weighted by molar-refractivity contribution is 7.18. The molecule has 0 saturated heterocycles. The number of thiazole rings is 1. The molecule has 1 saturated carbocycles. The summed E-state index contributed by atoms with van der Waals surface area (Å²) in [6.07, 6.45) is 2.80. The van der Waals surface area contributed by atoms with Gasteiger partial charge in [0.05, 0.1) is 17.3 Å². The molecule has 1 aromatic heterocycles. The lowest BCUT2D eigenvalue weighted by molar-refractivity contribution is -0.151. The zero-order valence-corrected chi connectivity index (χ0v) is 10.4. The van der Waals surface area contributed by atoms with E-state index in [2.05, 4.69) is 4.98 Å². The van der Waals surface area contributed by atoms with Gasteiger partial charge in [0.1, 0.15) is 10.4 Å². The third-order valence-electron chi connectivity index (χ3n) is 3.49. The Labute approximate surface area is 103 Å². The van der Waals surface area contributed by atoms with Crippen molar-refractivity contribution in [3.8, 4) is 0 Å². The minimum atomic E-state index is -0.460. The standard InChI is InChI=1S/C13H13NO2S/c1-16-12(15)13(7-4-8-13)11-14-9-5-2-3-6-10(9)17-11/h2-3,5-6H,4,7-8H2,1H3. The van der Waals surface area contributed by atoms with Crippen LogP contribution in [0, 0.1) is 0 Å². The SMILES string of the molecule is COC(=O)C1(c2nc3ccccc3s2)CCC1. The van der Waals surface area contributed by atoms with Gasteiger partial charge in [0.2, 0.25) is 0 Å². The molecule has 1 aliphatic carbocycles. The van der Waals surface area contributed by atoms with Crippen molar-refractivity contribution in [2.45, 2.75) is 24.7 Å². The number of hydrogen-bond donors (Lipinski definition) is 0. The maximum absolute atomic E-state index is 11.9. The molecule has 1 aliphatic rings. The molecule has 0 bridgehead atoms. The Morgan fingerprint density at radius 1 is 1.41 bits per heavy atom. The Morgan fingerprint density at radius 2 is 2.18 bits per heavy atom. The van der Waals surface area contributed by atoms with Crippen LogP contribution in [0.5, 0.6) is 0 Å². The van der Waals surface area contributed by atoms with Crippen molar-refractivity contribution in [1.29, 1.82) is 0 Å². The highest BCUT2D eigenvalue weighted by Crippen LogP contribution is 2.47. The second kappa shape index (κ2) is 3.81. The number of para-hydroxylation sites is 1. The van der Waals surface area contributed by atoms with E-state index >= 15 is 0 Å². The average molecular weight is 247 g/mol. The molecule has 17 heavy (non-hydrogen) atoms. The van der Waals surface area contributed by atoms with Crippen LogP contribution in [0.3, 0.4) is 0 Å². The van der Waals surface area contributed by atoms with Crippen LogP contribution in [0.25, 0.3) is 10.2 Å². The maximum atomic E-state index is 11.9. The predicted molar refractivity (Wildman–Crippen MR) is 67.2 cm³/mol. The molecule has 88 valence electrons. The summed E-state index contributed by atoms with van der Waals surface area (Å²) in [5, 5.41) is 0.914. The van der Waals surface area contributed by atoms with Gasteiger partial charge in [-0.25, -0.2) is 4.98 Å². The number of nitrogens with zero attached hydrogens (tertiary/aromatic N) is 1. The molecular formula is C13H13NO2S. The second-order valence-electron chi connectivity index (χ2n) is 4.41. The van der Waals surface area contributed by atoms with Crippen molar-refractivity contribution < 1.29 is 9.53 Å². The fraction of sp³-hybridized carbons (Fsp3) is 0.385. The summed E-state index contributed by atoms with van der Waals surface area (Å²) in [6, 6.07) is 7.99. The highest BCUT2D eigenvalue weighted by Gasteiger charge is 2.49. The molecule has 1 aromatic carbocycles. The van der Waals surface area contributed by atoms with Gasteiger partial charge in [0.25, 0.3) is 0 Å². The summed E-state index contributed by atoms with van der Waals surface area (Å²) in [6.45, 7) is 0. The maximum Gasteiger partial charge on any atom is 0.318 e. The predicted octanol–water partition coefficient (Wildman–Crippen LogP) is 2.89. The van der Waals surface area contributed by atoms with E-state index in [4.69, 9.17) is 4.74 Å². The lowest BCUT2D eigenvalue weighted by Crippen LogP contribution is -2.43. The first-order valence-electron chi connectivity index (χ1n) is 5.71. The molecule has 0 unspecified atom stereocenters. The normalized spacial score (nSPS) is 17.7. The Balaban J connectivity index is 2.10. The van der Waals surface area contributed by atoms with Crippen molar-refractivity contribution in [3.63, 3.8) is 0 Å².